The summed E-state index contributed by atoms with van der Waals surface area (Å²) in [6.45, 7) is 2.50. The molecule has 1 heterocycles. The number of hydrogen-bond acceptors (Lipinski definition) is 3. The first-order valence-electron chi connectivity index (χ1n) is 9.11. The van der Waals surface area contributed by atoms with Gasteiger partial charge < -0.3 is 15.0 Å². The first kappa shape index (κ1) is 20.6. The van der Waals surface area contributed by atoms with E-state index in [1.54, 1.807) is 48.3 Å². The number of amides is 2. The van der Waals surface area contributed by atoms with E-state index in [1.807, 2.05) is 13.0 Å². The molecule has 7 heteroatoms. The molecule has 1 saturated heterocycles. The van der Waals surface area contributed by atoms with Crippen LogP contribution < -0.4 is 5.32 Å². The quantitative estimate of drug-likeness (QED) is 0.744. The van der Waals surface area contributed by atoms with Gasteiger partial charge in [-0.2, -0.15) is 0 Å². The second-order valence-corrected chi connectivity index (χ2v) is 7.67. The van der Waals surface area contributed by atoms with Crippen LogP contribution in [-0.4, -0.2) is 36.5 Å². The predicted molar refractivity (Wildman–Crippen MR) is 111 cm³/mol. The Labute approximate surface area is 174 Å². The Kier molecular flexibility index (Phi) is 6.60. The van der Waals surface area contributed by atoms with Crippen molar-refractivity contribution in [1.29, 1.82) is 0 Å². The second-order valence-electron chi connectivity index (χ2n) is 6.83. The number of nitrogens with zero attached hydrogens (tertiary/aromatic N) is 1. The highest BCUT2D eigenvalue weighted by atomic mass is 35.5. The number of carbonyl (C=O) groups is 2. The number of anilines is 1. The number of rotatable bonds is 5. The Hall–Kier alpha value is -2.08. The molecule has 1 aliphatic rings. The highest BCUT2D eigenvalue weighted by molar-refractivity contribution is 6.35. The van der Waals surface area contributed by atoms with Crippen LogP contribution in [-0.2, 0) is 9.53 Å². The SMILES string of the molecule is CC(c1ccc(Cl)cc1Cl)N(C)C(=O)c1cccc(NC(=O)C2CCCO2)c1. The van der Waals surface area contributed by atoms with Crippen LogP contribution in [0.2, 0.25) is 10.0 Å². The van der Waals surface area contributed by atoms with E-state index in [2.05, 4.69) is 5.32 Å². The lowest BCUT2D eigenvalue weighted by Crippen LogP contribution is -2.30. The van der Waals surface area contributed by atoms with E-state index in [0.29, 0.717) is 34.3 Å². The average molecular weight is 421 g/mol. The fourth-order valence-electron chi connectivity index (χ4n) is 3.17. The predicted octanol–water partition coefficient (Wildman–Crippen LogP) is 4.94. The lowest BCUT2D eigenvalue weighted by molar-refractivity contribution is -0.124. The molecule has 2 unspecified atom stereocenters. The molecule has 3 rings (SSSR count). The fraction of sp³-hybridized carbons (Fsp3) is 0.333. The zero-order valence-corrected chi connectivity index (χ0v) is 17.3. The molecule has 2 atom stereocenters. The third kappa shape index (κ3) is 4.66. The first-order chi connectivity index (χ1) is 13.4. The van der Waals surface area contributed by atoms with Gasteiger partial charge in [0.05, 0.1) is 6.04 Å². The lowest BCUT2D eigenvalue weighted by atomic mass is 10.1. The maximum Gasteiger partial charge on any atom is 0.254 e. The van der Waals surface area contributed by atoms with Crippen LogP contribution in [0.25, 0.3) is 0 Å². The lowest BCUT2D eigenvalue weighted by Gasteiger charge is -2.26. The first-order valence-corrected chi connectivity index (χ1v) is 9.87. The van der Waals surface area contributed by atoms with Crippen LogP contribution in [0, 0.1) is 0 Å². The van der Waals surface area contributed by atoms with Gasteiger partial charge in [0.2, 0.25) is 0 Å². The van der Waals surface area contributed by atoms with Crippen molar-refractivity contribution in [3.63, 3.8) is 0 Å². The highest BCUT2D eigenvalue weighted by Gasteiger charge is 2.24. The van der Waals surface area contributed by atoms with E-state index in [4.69, 9.17) is 27.9 Å². The number of benzene rings is 2. The Balaban J connectivity index is 1.73. The standard InChI is InChI=1S/C21H22Cl2N2O3/c1-13(17-9-8-15(22)12-18(17)23)25(2)21(27)14-5-3-6-16(11-14)24-20(26)19-7-4-10-28-19/h3,5-6,8-9,11-13,19H,4,7,10H2,1-2H3,(H,24,26). The van der Waals surface area contributed by atoms with E-state index in [9.17, 15) is 9.59 Å². The molecule has 0 bridgehead atoms. The Bertz CT molecular complexity index is 882. The van der Waals surface area contributed by atoms with E-state index in [0.717, 1.165) is 12.0 Å². The number of ether oxygens (including phenoxy) is 1. The number of hydrogen-bond donors (Lipinski definition) is 1. The Morgan fingerprint density at radius 2 is 2.00 bits per heavy atom. The summed E-state index contributed by atoms with van der Waals surface area (Å²) in [5.41, 5.74) is 1.85. The van der Waals surface area contributed by atoms with E-state index in [-0.39, 0.29) is 17.9 Å². The van der Waals surface area contributed by atoms with Crippen LogP contribution in [0.3, 0.4) is 0 Å². The van der Waals surface area contributed by atoms with Gasteiger partial charge in [0.15, 0.2) is 0 Å². The van der Waals surface area contributed by atoms with Crippen molar-refractivity contribution >= 4 is 40.7 Å². The van der Waals surface area contributed by atoms with Crippen molar-refractivity contribution in [3.8, 4) is 0 Å². The van der Waals surface area contributed by atoms with Crippen LogP contribution in [0.15, 0.2) is 42.5 Å². The molecule has 2 aromatic carbocycles. The van der Waals surface area contributed by atoms with E-state index in [1.165, 1.54) is 0 Å². The van der Waals surface area contributed by atoms with Crippen molar-refractivity contribution in [2.75, 3.05) is 19.0 Å². The van der Waals surface area contributed by atoms with Crippen LogP contribution in [0.5, 0.6) is 0 Å². The minimum atomic E-state index is -0.422. The molecule has 0 radical (unpaired) electrons. The highest BCUT2D eigenvalue weighted by Crippen LogP contribution is 2.30. The van der Waals surface area contributed by atoms with Gasteiger partial charge in [-0.15, -0.1) is 0 Å². The molecule has 0 aliphatic carbocycles. The fourth-order valence-corrected chi connectivity index (χ4v) is 3.73. The Morgan fingerprint density at radius 1 is 1.21 bits per heavy atom. The molecule has 1 fully saturated rings. The maximum absolute atomic E-state index is 13.0. The van der Waals surface area contributed by atoms with Crippen molar-refractivity contribution < 1.29 is 14.3 Å². The molecule has 2 amide bonds. The molecule has 0 spiro atoms. The van der Waals surface area contributed by atoms with E-state index >= 15 is 0 Å². The van der Waals surface area contributed by atoms with E-state index < -0.39 is 6.10 Å². The molecule has 28 heavy (non-hydrogen) atoms. The third-order valence-electron chi connectivity index (χ3n) is 4.91. The maximum atomic E-state index is 13.0. The normalized spacial score (nSPS) is 17.2. The number of nitrogens with one attached hydrogen (secondary N) is 1. The topological polar surface area (TPSA) is 58.6 Å². The minimum Gasteiger partial charge on any atom is -0.368 e. The minimum absolute atomic E-state index is 0.174. The summed E-state index contributed by atoms with van der Waals surface area (Å²) in [4.78, 5) is 26.8. The molecule has 148 valence electrons. The summed E-state index contributed by atoms with van der Waals surface area (Å²) < 4.78 is 5.39. The molecule has 1 N–H and O–H groups in total. The molecule has 0 saturated carbocycles. The van der Waals surface area contributed by atoms with Crippen molar-refractivity contribution in [2.45, 2.75) is 31.9 Å². The van der Waals surface area contributed by atoms with Crippen LogP contribution in [0.1, 0.15) is 41.7 Å². The monoisotopic (exact) mass is 420 g/mol. The molecule has 0 aromatic heterocycles. The smallest absolute Gasteiger partial charge is 0.254 e. The summed E-state index contributed by atoms with van der Waals surface area (Å²) in [6, 6.07) is 11.9. The van der Waals surface area contributed by atoms with Gasteiger partial charge in [-0.25, -0.2) is 0 Å². The van der Waals surface area contributed by atoms with Crippen molar-refractivity contribution in [1.82, 2.24) is 4.90 Å². The molecule has 5 nitrogen and oxygen atoms in total. The molecular weight excluding hydrogens is 399 g/mol. The van der Waals surface area contributed by atoms with Gasteiger partial charge in [-0.3, -0.25) is 9.59 Å². The second kappa shape index (κ2) is 8.95. The number of halogens is 2. The van der Waals surface area contributed by atoms with Gasteiger partial charge in [0.25, 0.3) is 11.8 Å². The van der Waals surface area contributed by atoms with Gasteiger partial charge in [0.1, 0.15) is 6.10 Å². The van der Waals surface area contributed by atoms with Crippen LogP contribution in [0.4, 0.5) is 5.69 Å². The molecular formula is C21H22Cl2N2O3. The summed E-state index contributed by atoms with van der Waals surface area (Å²) in [7, 11) is 1.72. The molecule has 2 aromatic rings. The van der Waals surface area contributed by atoms with Crippen molar-refractivity contribution in [2.24, 2.45) is 0 Å². The van der Waals surface area contributed by atoms with Gasteiger partial charge in [-0.05, 0) is 55.7 Å². The summed E-state index contributed by atoms with van der Waals surface area (Å²) in [6.07, 6.45) is 1.17. The summed E-state index contributed by atoms with van der Waals surface area (Å²) >= 11 is 12.2. The Morgan fingerprint density at radius 3 is 2.68 bits per heavy atom. The zero-order chi connectivity index (χ0) is 20.3. The van der Waals surface area contributed by atoms with Crippen LogP contribution >= 0.6 is 23.2 Å². The number of carbonyl (C=O) groups excluding carboxylic acids is 2. The zero-order valence-electron chi connectivity index (χ0n) is 15.7. The average Bonchev–Trinajstić information content (AvgIpc) is 3.21. The summed E-state index contributed by atoms with van der Waals surface area (Å²) in [5.74, 6) is -0.358. The van der Waals surface area contributed by atoms with Gasteiger partial charge in [-0.1, -0.05) is 35.3 Å². The largest absolute Gasteiger partial charge is 0.368 e. The third-order valence-corrected chi connectivity index (χ3v) is 5.48. The molecule has 1 aliphatic heterocycles. The summed E-state index contributed by atoms with van der Waals surface area (Å²) in [5, 5.41) is 3.88. The van der Waals surface area contributed by atoms with Crippen molar-refractivity contribution in [3.05, 3.63) is 63.6 Å². The van der Waals surface area contributed by atoms with Gasteiger partial charge in [0, 0.05) is 35.0 Å². The van der Waals surface area contributed by atoms with Gasteiger partial charge >= 0.3 is 0 Å².